The van der Waals surface area contributed by atoms with Crippen molar-refractivity contribution >= 4 is 0 Å². The number of rotatable bonds is 6. The molecule has 1 aromatic heterocycles. The van der Waals surface area contributed by atoms with Crippen molar-refractivity contribution in [3.05, 3.63) is 18.0 Å². The van der Waals surface area contributed by atoms with Crippen molar-refractivity contribution in [3.8, 4) is 0 Å². The Balaban J connectivity index is 2.01. The Morgan fingerprint density at radius 3 is 2.43 bits per heavy atom. The van der Waals surface area contributed by atoms with Gasteiger partial charge in [-0.15, -0.1) is 0 Å². The molecular weight excluding hydrogens is 262 g/mol. The molecule has 0 spiro atoms. The lowest BCUT2D eigenvalue weighted by Gasteiger charge is -2.25. The van der Waals surface area contributed by atoms with Crippen LogP contribution in [0.4, 0.5) is 0 Å². The van der Waals surface area contributed by atoms with Crippen molar-refractivity contribution in [2.75, 3.05) is 0 Å². The predicted octanol–water partition coefficient (Wildman–Crippen LogP) is 3.17. The third kappa shape index (κ3) is 3.49. The maximum absolute atomic E-state index is 6.48. The Bertz CT molecular complexity index is 441. The molecule has 2 heterocycles. The molecule has 1 fully saturated rings. The quantitative estimate of drug-likeness (QED) is 0.876. The molecule has 21 heavy (non-hydrogen) atoms. The fourth-order valence-corrected chi connectivity index (χ4v) is 3.76. The number of hydrogen-bond donors (Lipinski definition) is 1. The van der Waals surface area contributed by atoms with Crippen molar-refractivity contribution in [3.63, 3.8) is 0 Å². The van der Waals surface area contributed by atoms with Crippen LogP contribution in [0.1, 0.15) is 59.2 Å². The van der Waals surface area contributed by atoms with Crippen LogP contribution in [0.3, 0.4) is 0 Å². The normalized spacial score (nSPS) is 31.0. The number of aromatic nitrogens is 2. The molecule has 0 aliphatic carbocycles. The summed E-state index contributed by atoms with van der Waals surface area (Å²) in [6.07, 6.45) is 5.71. The predicted molar refractivity (Wildman–Crippen MR) is 86.2 cm³/mol. The van der Waals surface area contributed by atoms with Gasteiger partial charge < -0.3 is 10.5 Å². The molecule has 1 aromatic rings. The summed E-state index contributed by atoms with van der Waals surface area (Å²) >= 11 is 0. The summed E-state index contributed by atoms with van der Waals surface area (Å²) in [6, 6.07) is 2.74. The van der Waals surface area contributed by atoms with Gasteiger partial charge in [0, 0.05) is 24.6 Å². The van der Waals surface area contributed by atoms with E-state index in [0.717, 1.165) is 25.0 Å². The van der Waals surface area contributed by atoms with E-state index in [-0.39, 0.29) is 12.1 Å². The fourth-order valence-electron chi connectivity index (χ4n) is 3.76. The van der Waals surface area contributed by atoms with Crippen LogP contribution in [0.15, 0.2) is 12.3 Å². The second kappa shape index (κ2) is 6.93. The molecule has 2 rings (SSSR count). The van der Waals surface area contributed by atoms with Crippen LogP contribution >= 0.6 is 0 Å². The lowest BCUT2D eigenvalue weighted by atomic mass is 9.82. The molecule has 1 aliphatic rings. The van der Waals surface area contributed by atoms with Crippen LogP contribution in [0.2, 0.25) is 0 Å². The van der Waals surface area contributed by atoms with Gasteiger partial charge in [0.15, 0.2) is 0 Å². The zero-order valence-electron chi connectivity index (χ0n) is 14.1. The second-order valence-corrected chi connectivity index (χ2v) is 6.61. The topological polar surface area (TPSA) is 53.1 Å². The van der Waals surface area contributed by atoms with E-state index in [1.165, 1.54) is 0 Å². The summed E-state index contributed by atoms with van der Waals surface area (Å²) in [7, 11) is 0. The van der Waals surface area contributed by atoms with Crippen LogP contribution in [0.25, 0.3) is 0 Å². The van der Waals surface area contributed by atoms with E-state index in [0.29, 0.717) is 24.0 Å². The van der Waals surface area contributed by atoms with Crippen molar-refractivity contribution in [2.45, 2.75) is 78.2 Å². The Morgan fingerprint density at radius 1 is 1.24 bits per heavy atom. The highest BCUT2D eigenvalue weighted by Crippen LogP contribution is 2.34. The minimum Gasteiger partial charge on any atom is -0.375 e. The van der Waals surface area contributed by atoms with Gasteiger partial charge in [0.25, 0.3) is 0 Å². The van der Waals surface area contributed by atoms with Gasteiger partial charge in [-0.25, -0.2) is 0 Å². The third-order valence-electron chi connectivity index (χ3n) is 5.24. The van der Waals surface area contributed by atoms with Crippen molar-refractivity contribution < 1.29 is 4.74 Å². The summed E-state index contributed by atoms with van der Waals surface area (Å²) < 4.78 is 8.02. The Morgan fingerprint density at radius 2 is 1.90 bits per heavy atom. The summed E-state index contributed by atoms with van der Waals surface area (Å²) in [5, 5.41) is 4.73. The SMILES string of the molecule is CCC(CC)n1ccc(CC(N)C2C(C)OC(C)C2C)n1. The first-order valence-corrected chi connectivity index (χ1v) is 8.42. The molecule has 4 heteroatoms. The monoisotopic (exact) mass is 293 g/mol. The van der Waals surface area contributed by atoms with Gasteiger partial charge in [-0.2, -0.15) is 5.10 Å². The summed E-state index contributed by atoms with van der Waals surface area (Å²) in [5.41, 5.74) is 7.58. The van der Waals surface area contributed by atoms with Gasteiger partial charge in [-0.05, 0) is 38.7 Å². The lowest BCUT2D eigenvalue weighted by molar-refractivity contribution is 0.0490. The smallest absolute Gasteiger partial charge is 0.0640 e. The molecule has 0 saturated carbocycles. The van der Waals surface area contributed by atoms with Crippen LogP contribution in [-0.2, 0) is 11.2 Å². The van der Waals surface area contributed by atoms with Gasteiger partial charge in [0.1, 0.15) is 0 Å². The first-order chi connectivity index (χ1) is 9.97. The molecule has 0 amide bonds. The zero-order chi connectivity index (χ0) is 15.6. The molecule has 120 valence electrons. The minimum absolute atomic E-state index is 0.116. The lowest BCUT2D eigenvalue weighted by Crippen LogP contribution is -2.39. The van der Waals surface area contributed by atoms with E-state index >= 15 is 0 Å². The van der Waals surface area contributed by atoms with Crippen molar-refractivity contribution in [1.29, 1.82) is 0 Å². The molecule has 2 N–H and O–H groups in total. The first kappa shape index (κ1) is 16.5. The number of nitrogens with two attached hydrogens (primary N) is 1. The highest BCUT2D eigenvalue weighted by atomic mass is 16.5. The Labute approximate surface area is 129 Å². The van der Waals surface area contributed by atoms with Gasteiger partial charge >= 0.3 is 0 Å². The molecule has 0 radical (unpaired) electrons. The molecule has 5 unspecified atom stereocenters. The number of nitrogens with zero attached hydrogens (tertiary/aromatic N) is 2. The number of ether oxygens (including phenoxy) is 1. The molecule has 1 saturated heterocycles. The molecule has 5 atom stereocenters. The van der Waals surface area contributed by atoms with E-state index in [4.69, 9.17) is 15.6 Å². The molecule has 4 nitrogen and oxygen atoms in total. The van der Waals surface area contributed by atoms with E-state index in [1.807, 2.05) is 0 Å². The summed E-state index contributed by atoms with van der Waals surface area (Å²) in [4.78, 5) is 0. The van der Waals surface area contributed by atoms with Gasteiger partial charge in [-0.1, -0.05) is 20.8 Å². The molecule has 0 aromatic carbocycles. The average Bonchev–Trinajstić information content (AvgIpc) is 2.97. The van der Waals surface area contributed by atoms with Gasteiger partial charge in [-0.3, -0.25) is 4.68 Å². The van der Waals surface area contributed by atoms with Crippen molar-refractivity contribution in [2.24, 2.45) is 17.6 Å². The molecular formula is C17H31N3O. The first-order valence-electron chi connectivity index (χ1n) is 8.42. The van der Waals surface area contributed by atoms with Crippen LogP contribution in [0.5, 0.6) is 0 Å². The average molecular weight is 293 g/mol. The van der Waals surface area contributed by atoms with Crippen LogP contribution in [-0.4, -0.2) is 28.0 Å². The maximum atomic E-state index is 6.48. The maximum Gasteiger partial charge on any atom is 0.0640 e. The summed E-state index contributed by atoms with van der Waals surface area (Å²) in [5.74, 6) is 0.925. The Hall–Kier alpha value is -0.870. The largest absolute Gasteiger partial charge is 0.375 e. The van der Waals surface area contributed by atoms with E-state index in [2.05, 4.69) is 51.6 Å². The fraction of sp³-hybridized carbons (Fsp3) is 0.824. The zero-order valence-corrected chi connectivity index (χ0v) is 14.1. The van der Waals surface area contributed by atoms with Crippen LogP contribution in [0, 0.1) is 11.8 Å². The van der Waals surface area contributed by atoms with Gasteiger partial charge in [0.05, 0.1) is 23.9 Å². The van der Waals surface area contributed by atoms with Crippen LogP contribution < -0.4 is 5.73 Å². The summed E-state index contributed by atoms with van der Waals surface area (Å²) in [6.45, 7) is 11.0. The standard InChI is InChI=1S/C17H31N3O/c1-6-15(7-2)20-9-8-14(19-20)10-16(18)17-11(3)12(4)21-13(17)5/h8-9,11-13,15-17H,6-7,10,18H2,1-5H3. The van der Waals surface area contributed by atoms with Gasteiger partial charge in [0.2, 0.25) is 0 Å². The minimum atomic E-state index is 0.116. The second-order valence-electron chi connectivity index (χ2n) is 6.61. The van der Waals surface area contributed by atoms with E-state index in [1.54, 1.807) is 0 Å². The third-order valence-corrected chi connectivity index (χ3v) is 5.24. The Kier molecular flexibility index (Phi) is 5.44. The molecule has 0 bridgehead atoms. The highest BCUT2D eigenvalue weighted by Gasteiger charge is 2.40. The highest BCUT2D eigenvalue weighted by molar-refractivity contribution is 5.04. The number of hydrogen-bond acceptors (Lipinski definition) is 3. The van der Waals surface area contributed by atoms with E-state index in [9.17, 15) is 0 Å². The molecule has 1 aliphatic heterocycles. The van der Waals surface area contributed by atoms with Crippen molar-refractivity contribution in [1.82, 2.24) is 9.78 Å². The van der Waals surface area contributed by atoms with E-state index < -0.39 is 0 Å².